The summed E-state index contributed by atoms with van der Waals surface area (Å²) < 4.78 is 15.7. The molecule has 24 heavy (non-hydrogen) atoms. The van der Waals surface area contributed by atoms with Crippen LogP contribution in [0.3, 0.4) is 0 Å². The fourth-order valence-electron chi connectivity index (χ4n) is 3.30. The minimum Gasteiger partial charge on any atom is -0.493 e. The standard InChI is InChI=1S/C15H18O9/c1-22-6-2-5(3-7-14(6)24-4-23-7)8-9(15(20)21)11(17)13(19)12(18)10(8)16/h2-3,8-13,16-19H,4H2,1H3,(H,20,21)/t8-,9-,10-,11+,12+,13+/m1/s1. The van der Waals surface area contributed by atoms with Crippen molar-refractivity contribution in [1.29, 1.82) is 0 Å². The van der Waals surface area contributed by atoms with Gasteiger partial charge >= 0.3 is 5.97 Å². The third-order valence-corrected chi connectivity index (χ3v) is 4.52. The van der Waals surface area contributed by atoms with Crippen molar-refractivity contribution in [1.82, 2.24) is 0 Å². The Kier molecular flexibility index (Phi) is 4.26. The summed E-state index contributed by atoms with van der Waals surface area (Å²) in [4.78, 5) is 11.6. The summed E-state index contributed by atoms with van der Waals surface area (Å²) in [6, 6.07) is 2.92. The molecule has 1 aromatic carbocycles. The van der Waals surface area contributed by atoms with Gasteiger partial charge in [-0.15, -0.1) is 0 Å². The first-order chi connectivity index (χ1) is 11.4. The number of hydrogen-bond acceptors (Lipinski definition) is 8. The minimum atomic E-state index is -1.77. The molecule has 1 aliphatic carbocycles. The zero-order valence-electron chi connectivity index (χ0n) is 12.7. The van der Waals surface area contributed by atoms with E-state index in [-0.39, 0.29) is 18.1 Å². The summed E-state index contributed by atoms with van der Waals surface area (Å²) in [6.07, 6.45) is -6.82. The minimum absolute atomic E-state index is 0.0330. The third-order valence-electron chi connectivity index (χ3n) is 4.52. The van der Waals surface area contributed by atoms with Crippen LogP contribution in [0.1, 0.15) is 11.5 Å². The number of benzene rings is 1. The monoisotopic (exact) mass is 342 g/mol. The lowest BCUT2D eigenvalue weighted by Crippen LogP contribution is -2.59. The van der Waals surface area contributed by atoms with Gasteiger partial charge in [0.1, 0.15) is 12.2 Å². The highest BCUT2D eigenvalue weighted by atomic mass is 16.7. The van der Waals surface area contributed by atoms with Crippen molar-refractivity contribution < 1.29 is 44.5 Å². The molecule has 1 saturated carbocycles. The van der Waals surface area contributed by atoms with Gasteiger partial charge < -0.3 is 39.7 Å². The van der Waals surface area contributed by atoms with Crippen molar-refractivity contribution in [2.24, 2.45) is 5.92 Å². The maximum absolute atomic E-state index is 11.6. The molecule has 132 valence electrons. The van der Waals surface area contributed by atoms with Crippen molar-refractivity contribution in [2.45, 2.75) is 30.3 Å². The fourth-order valence-corrected chi connectivity index (χ4v) is 3.30. The molecule has 0 spiro atoms. The van der Waals surface area contributed by atoms with Gasteiger partial charge in [0.05, 0.1) is 25.2 Å². The van der Waals surface area contributed by atoms with Gasteiger partial charge in [-0.2, -0.15) is 0 Å². The average molecular weight is 342 g/mol. The lowest BCUT2D eigenvalue weighted by Gasteiger charge is -2.42. The van der Waals surface area contributed by atoms with Crippen LogP contribution in [-0.4, -0.2) is 69.8 Å². The quantitative estimate of drug-likeness (QED) is 0.450. The highest BCUT2D eigenvalue weighted by molar-refractivity contribution is 5.73. The normalized spacial score (nSPS) is 34.9. The van der Waals surface area contributed by atoms with Crippen LogP contribution in [-0.2, 0) is 4.79 Å². The summed E-state index contributed by atoms with van der Waals surface area (Å²) in [7, 11) is 1.39. The van der Waals surface area contributed by atoms with Gasteiger partial charge in [0.25, 0.3) is 0 Å². The summed E-state index contributed by atoms with van der Waals surface area (Å²) in [5.41, 5.74) is 0.279. The number of carboxylic acid groups (broad SMARTS) is 1. The molecule has 1 aromatic rings. The SMILES string of the molecule is COc1cc([C@H]2[C@@H](O)[C@H](O)[C@@H](O)[C@@H](O)[C@@H]2C(=O)O)cc2c1OCO2. The number of aliphatic hydroxyl groups is 4. The molecule has 2 aliphatic rings. The van der Waals surface area contributed by atoms with Gasteiger partial charge in [-0.05, 0) is 17.7 Å². The topological polar surface area (TPSA) is 146 Å². The molecule has 1 heterocycles. The lowest BCUT2D eigenvalue weighted by atomic mass is 9.69. The molecule has 0 aromatic heterocycles. The van der Waals surface area contributed by atoms with Crippen LogP contribution in [0, 0.1) is 5.92 Å². The number of fused-ring (bicyclic) bond motifs is 1. The molecule has 5 N–H and O–H groups in total. The highest BCUT2D eigenvalue weighted by Crippen LogP contribution is 2.47. The van der Waals surface area contributed by atoms with Gasteiger partial charge in [0.15, 0.2) is 11.5 Å². The summed E-state index contributed by atoms with van der Waals surface area (Å²) in [6.45, 7) is -0.0330. The predicted octanol–water partition coefficient (Wildman–Crippen LogP) is -1.33. The predicted molar refractivity (Wildman–Crippen MR) is 77.0 cm³/mol. The Labute approximate surface area is 136 Å². The van der Waals surface area contributed by atoms with Crippen molar-refractivity contribution in [3.8, 4) is 17.2 Å². The fraction of sp³-hybridized carbons (Fsp3) is 0.533. The molecule has 9 heteroatoms. The Morgan fingerprint density at radius 1 is 1.08 bits per heavy atom. The second-order valence-corrected chi connectivity index (χ2v) is 5.81. The van der Waals surface area contributed by atoms with E-state index in [0.29, 0.717) is 11.5 Å². The molecule has 0 bridgehead atoms. The second kappa shape index (κ2) is 6.10. The Bertz CT molecular complexity index is 646. The van der Waals surface area contributed by atoms with Crippen LogP contribution < -0.4 is 14.2 Å². The van der Waals surface area contributed by atoms with Crippen LogP contribution in [0.15, 0.2) is 12.1 Å². The molecule has 0 saturated heterocycles. The van der Waals surface area contributed by atoms with Crippen molar-refractivity contribution >= 4 is 5.97 Å². The van der Waals surface area contributed by atoms with Gasteiger partial charge in [-0.3, -0.25) is 4.79 Å². The van der Waals surface area contributed by atoms with Gasteiger partial charge in [-0.1, -0.05) is 0 Å². The zero-order valence-corrected chi connectivity index (χ0v) is 12.7. The van der Waals surface area contributed by atoms with Crippen LogP contribution in [0.5, 0.6) is 17.2 Å². The van der Waals surface area contributed by atoms with E-state index in [4.69, 9.17) is 14.2 Å². The summed E-state index contributed by atoms with van der Waals surface area (Å²) in [5, 5.41) is 49.5. The Morgan fingerprint density at radius 3 is 2.38 bits per heavy atom. The van der Waals surface area contributed by atoms with Crippen LogP contribution in [0.4, 0.5) is 0 Å². The molecule has 3 rings (SSSR count). The number of carboxylic acids is 1. The van der Waals surface area contributed by atoms with E-state index in [1.54, 1.807) is 0 Å². The number of carbonyl (C=O) groups is 1. The second-order valence-electron chi connectivity index (χ2n) is 5.81. The Hall–Kier alpha value is -2.07. The number of ether oxygens (including phenoxy) is 3. The summed E-state index contributed by atoms with van der Waals surface area (Å²) in [5.74, 6) is -3.20. The maximum atomic E-state index is 11.6. The van der Waals surface area contributed by atoms with E-state index in [9.17, 15) is 30.3 Å². The third kappa shape index (κ3) is 2.46. The smallest absolute Gasteiger partial charge is 0.309 e. The molecule has 0 amide bonds. The molecule has 9 nitrogen and oxygen atoms in total. The summed E-state index contributed by atoms with van der Waals surface area (Å²) >= 11 is 0. The largest absolute Gasteiger partial charge is 0.493 e. The molecule has 1 aliphatic heterocycles. The van der Waals surface area contributed by atoms with Crippen molar-refractivity contribution in [3.05, 3.63) is 17.7 Å². The number of aliphatic carboxylic acids is 1. The average Bonchev–Trinajstić information content (AvgIpc) is 3.03. The number of methoxy groups -OCH3 is 1. The molecular formula is C15H18O9. The van der Waals surface area contributed by atoms with Gasteiger partial charge in [-0.25, -0.2) is 0 Å². The molecule has 6 atom stereocenters. The van der Waals surface area contributed by atoms with E-state index in [1.807, 2.05) is 0 Å². The number of hydrogen-bond donors (Lipinski definition) is 5. The first-order valence-corrected chi connectivity index (χ1v) is 7.29. The van der Waals surface area contributed by atoms with E-state index in [2.05, 4.69) is 0 Å². The molecule has 1 fully saturated rings. The molecule has 0 unspecified atom stereocenters. The van der Waals surface area contributed by atoms with Crippen LogP contribution in [0.2, 0.25) is 0 Å². The maximum Gasteiger partial charge on any atom is 0.309 e. The zero-order chi connectivity index (χ0) is 17.6. The Balaban J connectivity index is 2.09. The van der Waals surface area contributed by atoms with Gasteiger partial charge in [0, 0.05) is 5.92 Å². The number of aliphatic hydroxyl groups excluding tert-OH is 4. The molecule has 0 radical (unpaired) electrons. The highest BCUT2D eigenvalue weighted by Gasteiger charge is 2.52. The van der Waals surface area contributed by atoms with E-state index >= 15 is 0 Å². The lowest BCUT2D eigenvalue weighted by molar-refractivity contribution is -0.184. The first-order valence-electron chi connectivity index (χ1n) is 7.29. The van der Waals surface area contributed by atoms with E-state index in [1.165, 1.54) is 19.2 Å². The van der Waals surface area contributed by atoms with E-state index < -0.39 is 42.2 Å². The Morgan fingerprint density at radius 2 is 1.75 bits per heavy atom. The number of rotatable bonds is 3. The van der Waals surface area contributed by atoms with Crippen LogP contribution >= 0.6 is 0 Å². The van der Waals surface area contributed by atoms with Crippen molar-refractivity contribution in [3.63, 3.8) is 0 Å². The van der Waals surface area contributed by atoms with Gasteiger partial charge in [0.2, 0.25) is 12.5 Å². The van der Waals surface area contributed by atoms with Crippen molar-refractivity contribution in [2.75, 3.05) is 13.9 Å². The molecular weight excluding hydrogens is 324 g/mol. The first kappa shape index (κ1) is 16.8. The van der Waals surface area contributed by atoms with E-state index in [0.717, 1.165) is 0 Å². The van der Waals surface area contributed by atoms with Crippen LogP contribution in [0.25, 0.3) is 0 Å².